The Balaban J connectivity index is 1.46. The fourth-order valence-corrected chi connectivity index (χ4v) is 3.73. The van der Waals surface area contributed by atoms with Crippen LogP contribution < -0.4 is 5.32 Å². The van der Waals surface area contributed by atoms with Gasteiger partial charge in [0.2, 0.25) is 5.91 Å². The van der Waals surface area contributed by atoms with Crippen LogP contribution in [0.3, 0.4) is 0 Å². The Hall–Kier alpha value is -1.43. The Morgan fingerprint density at radius 3 is 2.88 bits per heavy atom. The zero-order valence-corrected chi connectivity index (χ0v) is 14.6. The Kier molecular flexibility index (Phi) is 6.24. The van der Waals surface area contributed by atoms with E-state index in [-0.39, 0.29) is 12.0 Å². The van der Waals surface area contributed by atoms with Gasteiger partial charge in [-0.15, -0.1) is 0 Å². The number of hydrogen-bond acceptors (Lipinski definition) is 4. The summed E-state index contributed by atoms with van der Waals surface area (Å²) in [5, 5.41) is 3.21. The van der Waals surface area contributed by atoms with Crippen molar-refractivity contribution in [2.45, 2.75) is 25.5 Å². The maximum atomic E-state index is 12.5. The van der Waals surface area contributed by atoms with Crippen LogP contribution in [0.5, 0.6) is 0 Å². The molecular formula is C19H29N3O2. The van der Waals surface area contributed by atoms with Gasteiger partial charge in [0.15, 0.2) is 0 Å². The molecule has 0 bridgehead atoms. The van der Waals surface area contributed by atoms with E-state index < -0.39 is 0 Å². The molecule has 0 spiro atoms. The third-order valence-corrected chi connectivity index (χ3v) is 5.01. The number of ether oxygens (including phenoxy) is 1. The Bertz CT molecular complexity index is 523. The van der Waals surface area contributed by atoms with Crippen LogP contribution in [0.25, 0.3) is 0 Å². The number of likely N-dealkylation sites (tertiary alicyclic amines) is 1. The molecule has 1 aromatic rings. The fraction of sp³-hybridized carbons (Fsp3) is 0.632. The molecule has 24 heavy (non-hydrogen) atoms. The van der Waals surface area contributed by atoms with Crippen molar-refractivity contribution in [1.29, 1.82) is 0 Å². The molecule has 2 atom stereocenters. The smallest absolute Gasteiger partial charge is 0.225 e. The van der Waals surface area contributed by atoms with Gasteiger partial charge < -0.3 is 15.0 Å². The molecule has 2 saturated heterocycles. The number of nitrogens with zero attached hydrogens (tertiary/aromatic N) is 2. The molecule has 2 unspecified atom stereocenters. The number of nitrogens with one attached hydrogen (secondary N) is 1. The minimum atomic E-state index is 0.0262. The minimum absolute atomic E-state index is 0.0262. The minimum Gasteiger partial charge on any atom is -0.375 e. The van der Waals surface area contributed by atoms with Gasteiger partial charge in [0.1, 0.15) is 0 Å². The SMILES string of the molecule is CNCC1CCN(C(=O)CC2CN(Cc3ccccc3)CCO2)C1. The quantitative estimate of drug-likeness (QED) is 0.855. The van der Waals surface area contributed by atoms with Gasteiger partial charge in [0, 0.05) is 32.7 Å². The number of carbonyl (C=O) groups is 1. The molecule has 2 heterocycles. The third-order valence-electron chi connectivity index (χ3n) is 5.01. The van der Waals surface area contributed by atoms with Crippen LogP contribution in [0.2, 0.25) is 0 Å². The summed E-state index contributed by atoms with van der Waals surface area (Å²) in [5.74, 6) is 0.848. The molecule has 1 amide bonds. The molecule has 1 aromatic carbocycles. The van der Waals surface area contributed by atoms with E-state index in [1.807, 2.05) is 18.0 Å². The molecule has 2 aliphatic heterocycles. The van der Waals surface area contributed by atoms with Crippen molar-refractivity contribution in [3.8, 4) is 0 Å². The second-order valence-corrected chi connectivity index (χ2v) is 6.97. The van der Waals surface area contributed by atoms with Crippen molar-refractivity contribution in [3.63, 3.8) is 0 Å². The lowest BCUT2D eigenvalue weighted by molar-refractivity contribution is -0.135. The number of hydrogen-bond donors (Lipinski definition) is 1. The topological polar surface area (TPSA) is 44.8 Å². The molecule has 2 aliphatic rings. The van der Waals surface area contributed by atoms with Crippen LogP contribution in [0.4, 0.5) is 0 Å². The molecule has 0 saturated carbocycles. The van der Waals surface area contributed by atoms with E-state index in [0.717, 1.165) is 45.7 Å². The predicted octanol–water partition coefficient (Wildman–Crippen LogP) is 1.35. The molecule has 0 aromatic heterocycles. The van der Waals surface area contributed by atoms with Crippen LogP contribution in [0.15, 0.2) is 30.3 Å². The van der Waals surface area contributed by atoms with Crippen molar-refractivity contribution in [2.75, 3.05) is 46.4 Å². The average molecular weight is 331 g/mol. The van der Waals surface area contributed by atoms with Gasteiger partial charge >= 0.3 is 0 Å². The summed E-state index contributed by atoms with van der Waals surface area (Å²) in [6, 6.07) is 10.5. The van der Waals surface area contributed by atoms with E-state index in [9.17, 15) is 4.79 Å². The fourth-order valence-electron chi connectivity index (χ4n) is 3.73. The van der Waals surface area contributed by atoms with Crippen molar-refractivity contribution < 1.29 is 9.53 Å². The van der Waals surface area contributed by atoms with Crippen LogP contribution in [0, 0.1) is 5.92 Å². The van der Waals surface area contributed by atoms with E-state index in [0.29, 0.717) is 18.9 Å². The van der Waals surface area contributed by atoms with Crippen molar-refractivity contribution >= 4 is 5.91 Å². The molecule has 3 rings (SSSR count). The first kappa shape index (κ1) is 17.4. The largest absolute Gasteiger partial charge is 0.375 e. The highest BCUT2D eigenvalue weighted by Crippen LogP contribution is 2.19. The highest BCUT2D eigenvalue weighted by atomic mass is 16.5. The molecule has 1 N–H and O–H groups in total. The Morgan fingerprint density at radius 2 is 2.08 bits per heavy atom. The summed E-state index contributed by atoms with van der Waals surface area (Å²) in [6.45, 7) is 6.21. The highest BCUT2D eigenvalue weighted by Gasteiger charge is 2.29. The summed E-state index contributed by atoms with van der Waals surface area (Å²) in [7, 11) is 1.97. The van der Waals surface area contributed by atoms with E-state index in [4.69, 9.17) is 4.74 Å². The van der Waals surface area contributed by atoms with Crippen molar-refractivity contribution in [2.24, 2.45) is 5.92 Å². The number of amides is 1. The van der Waals surface area contributed by atoms with E-state index in [1.54, 1.807) is 0 Å². The molecule has 2 fully saturated rings. The lowest BCUT2D eigenvalue weighted by atomic mass is 10.1. The Morgan fingerprint density at radius 1 is 1.25 bits per heavy atom. The summed E-state index contributed by atoms with van der Waals surface area (Å²) in [4.78, 5) is 16.9. The number of rotatable bonds is 6. The van der Waals surface area contributed by atoms with Gasteiger partial charge in [-0.3, -0.25) is 9.69 Å². The van der Waals surface area contributed by atoms with Crippen LogP contribution in [0.1, 0.15) is 18.4 Å². The van der Waals surface area contributed by atoms with Crippen LogP contribution in [-0.2, 0) is 16.1 Å². The third kappa shape index (κ3) is 4.79. The van der Waals surface area contributed by atoms with Crippen molar-refractivity contribution in [3.05, 3.63) is 35.9 Å². The van der Waals surface area contributed by atoms with Gasteiger partial charge in [-0.25, -0.2) is 0 Å². The monoisotopic (exact) mass is 331 g/mol. The lowest BCUT2D eigenvalue weighted by Gasteiger charge is -2.33. The highest BCUT2D eigenvalue weighted by molar-refractivity contribution is 5.77. The maximum Gasteiger partial charge on any atom is 0.225 e. The molecule has 0 aliphatic carbocycles. The number of benzene rings is 1. The van der Waals surface area contributed by atoms with Gasteiger partial charge in [-0.05, 0) is 31.5 Å². The van der Waals surface area contributed by atoms with Gasteiger partial charge in [0.05, 0.1) is 19.1 Å². The van der Waals surface area contributed by atoms with Gasteiger partial charge in [-0.1, -0.05) is 30.3 Å². The van der Waals surface area contributed by atoms with Crippen LogP contribution in [-0.4, -0.2) is 68.2 Å². The summed E-state index contributed by atoms with van der Waals surface area (Å²) in [6.07, 6.45) is 1.65. The normalized spacial score (nSPS) is 25.1. The first-order valence-electron chi connectivity index (χ1n) is 9.05. The van der Waals surface area contributed by atoms with Crippen molar-refractivity contribution in [1.82, 2.24) is 15.1 Å². The molecular weight excluding hydrogens is 302 g/mol. The number of morpholine rings is 1. The molecule has 132 valence electrons. The molecule has 5 heteroatoms. The Labute approximate surface area is 145 Å². The van der Waals surface area contributed by atoms with E-state index >= 15 is 0 Å². The van der Waals surface area contributed by atoms with Crippen LogP contribution >= 0.6 is 0 Å². The summed E-state index contributed by atoms with van der Waals surface area (Å²) in [5.41, 5.74) is 1.32. The summed E-state index contributed by atoms with van der Waals surface area (Å²) >= 11 is 0. The molecule has 5 nitrogen and oxygen atoms in total. The second kappa shape index (κ2) is 8.60. The lowest BCUT2D eigenvalue weighted by Crippen LogP contribution is -2.44. The predicted molar refractivity (Wildman–Crippen MR) is 94.7 cm³/mol. The zero-order chi connectivity index (χ0) is 16.8. The first-order chi connectivity index (χ1) is 11.7. The second-order valence-electron chi connectivity index (χ2n) is 6.97. The first-order valence-corrected chi connectivity index (χ1v) is 9.05. The molecule has 0 radical (unpaired) electrons. The van der Waals surface area contributed by atoms with Gasteiger partial charge in [-0.2, -0.15) is 0 Å². The number of carbonyl (C=O) groups excluding carboxylic acids is 1. The average Bonchev–Trinajstić information content (AvgIpc) is 3.05. The summed E-state index contributed by atoms with van der Waals surface area (Å²) < 4.78 is 5.85. The van der Waals surface area contributed by atoms with Gasteiger partial charge in [0.25, 0.3) is 0 Å². The van der Waals surface area contributed by atoms with E-state index in [1.165, 1.54) is 5.56 Å². The standard InChI is InChI=1S/C19H29N3O2/c1-20-12-17-7-8-22(14-17)19(23)11-18-15-21(9-10-24-18)13-16-5-3-2-4-6-16/h2-6,17-18,20H,7-15H2,1H3. The van der Waals surface area contributed by atoms with E-state index in [2.05, 4.69) is 34.5 Å². The maximum absolute atomic E-state index is 12.5. The zero-order valence-electron chi connectivity index (χ0n) is 14.6.